The molecule has 9 nitrogen and oxygen atoms in total. The molecule has 5 rings (SSSR count). The summed E-state index contributed by atoms with van der Waals surface area (Å²) in [5.74, 6) is 0.488. The number of anilines is 1. The number of benzene rings is 2. The van der Waals surface area contributed by atoms with Gasteiger partial charge in [-0.05, 0) is 66.9 Å². The van der Waals surface area contributed by atoms with Crippen LogP contribution in [0.2, 0.25) is 5.15 Å². The fraction of sp³-hybridized carbons (Fsp3) is 0.250. The van der Waals surface area contributed by atoms with Crippen molar-refractivity contribution in [1.82, 2.24) is 23.8 Å². The predicted octanol–water partition coefficient (Wildman–Crippen LogP) is 5.66. The zero-order valence-electron chi connectivity index (χ0n) is 24.6. The van der Waals surface area contributed by atoms with Gasteiger partial charge < -0.3 is 14.5 Å². The van der Waals surface area contributed by atoms with E-state index in [9.17, 15) is 9.59 Å². The normalized spacial score (nSPS) is 12.0. The van der Waals surface area contributed by atoms with E-state index < -0.39 is 0 Å². The minimum atomic E-state index is -0.280. The number of carbonyl (C=O) groups is 1. The number of fused-ring (bicyclic) bond motifs is 3. The molecule has 3 aromatic heterocycles. The van der Waals surface area contributed by atoms with Gasteiger partial charge >= 0.3 is 0 Å². The van der Waals surface area contributed by atoms with Crippen molar-refractivity contribution >= 4 is 45.8 Å². The highest BCUT2D eigenvalue weighted by Crippen LogP contribution is 2.36. The second-order valence-corrected chi connectivity index (χ2v) is 10.9. The van der Waals surface area contributed by atoms with Gasteiger partial charge in [0.1, 0.15) is 17.2 Å². The number of pyridine rings is 1. The number of methoxy groups -OCH3 is 1. The molecule has 1 amide bonds. The third-order valence-corrected chi connectivity index (χ3v) is 7.74. The van der Waals surface area contributed by atoms with E-state index in [1.54, 1.807) is 46.7 Å². The fourth-order valence-electron chi connectivity index (χ4n) is 5.38. The first-order chi connectivity index (χ1) is 20.0. The Morgan fingerprint density at radius 1 is 1.17 bits per heavy atom. The summed E-state index contributed by atoms with van der Waals surface area (Å²) in [6, 6.07) is 15.3. The number of rotatable bonds is 8. The van der Waals surface area contributed by atoms with Crippen LogP contribution in [-0.4, -0.2) is 50.9 Å². The molecule has 0 saturated carbocycles. The van der Waals surface area contributed by atoms with Crippen LogP contribution >= 0.6 is 11.6 Å². The highest BCUT2D eigenvalue weighted by Gasteiger charge is 2.26. The molecule has 0 fully saturated rings. The molecule has 1 atom stereocenters. The van der Waals surface area contributed by atoms with Crippen molar-refractivity contribution in [3.8, 4) is 5.75 Å². The summed E-state index contributed by atoms with van der Waals surface area (Å²) in [6.07, 6.45) is 3.30. The third kappa shape index (κ3) is 5.00. The van der Waals surface area contributed by atoms with Gasteiger partial charge in [-0.25, -0.2) is 9.97 Å². The molecular weight excluding hydrogens is 552 g/mol. The van der Waals surface area contributed by atoms with Crippen molar-refractivity contribution in [2.45, 2.75) is 26.4 Å². The van der Waals surface area contributed by atoms with E-state index in [-0.39, 0.29) is 23.2 Å². The maximum Gasteiger partial charge on any atom is 0.275 e. The lowest BCUT2D eigenvalue weighted by atomic mass is 9.98. The maximum atomic E-state index is 13.8. The molecule has 0 bridgehead atoms. The topological polar surface area (TPSA) is 85.0 Å². The summed E-state index contributed by atoms with van der Waals surface area (Å²) in [5, 5.41) is 0.907. The summed E-state index contributed by atoms with van der Waals surface area (Å²) in [6.45, 7) is 8.56. The minimum Gasteiger partial charge on any atom is -0.497 e. The molecule has 2 aromatic carbocycles. The van der Waals surface area contributed by atoms with Gasteiger partial charge in [0, 0.05) is 27.7 Å². The van der Waals surface area contributed by atoms with Gasteiger partial charge in [0.15, 0.2) is 11.3 Å². The van der Waals surface area contributed by atoms with E-state index in [1.807, 2.05) is 47.7 Å². The Morgan fingerprint density at radius 2 is 1.88 bits per heavy atom. The number of aryl methyl sites for hydroxylation is 2. The monoisotopic (exact) mass is 584 g/mol. The van der Waals surface area contributed by atoms with Crippen molar-refractivity contribution in [3.63, 3.8) is 0 Å². The van der Waals surface area contributed by atoms with Crippen LogP contribution < -0.4 is 15.2 Å². The van der Waals surface area contributed by atoms with Crippen LogP contribution in [0, 0.1) is 6.92 Å². The summed E-state index contributed by atoms with van der Waals surface area (Å²) < 4.78 is 8.70. The Morgan fingerprint density at radius 3 is 2.52 bits per heavy atom. The number of imidazole rings is 1. The minimum absolute atomic E-state index is 0.204. The van der Waals surface area contributed by atoms with Crippen molar-refractivity contribution in [2.75, 3.05) is 26.1 Å². The summed E-state index contributed by atoms with van der Waals surface area (Å²) >= 11 is 6.27. The number of hydrogen-bond donors (Lipinski definition) is 0. The summed E-state index contributed by atoms with van der Waals surface area (Å²) in [4.78, 5) is 39.5. The first kappa shape index (κ1) is 28.9. The molecule has 10 heteroatoms. The molecule has 1 unspecified atom stereocenters. The molecule has 216 valence electrons. The lowest BCUT2D eigenvalue weighted by Gasteiger charge is -2.33. The smallest absolute Gasteiger partial charge is 0.275 e. The highest BCUT2D eigenvalue weighted by atomic mass is 35.5. The average molecular weight is 585 g/mol. The lowest BCUT2D eigenvalue weighted by Crippen LogP contribution is -2.29. The molecule has 0 N–H and O–H groups in total. The number of amides is 1. The standard InChI is InChI=1S/C32H33ClN6O3/c1-8-25-26(13-14-27(33)35-25)38(17-21-9-11-22(42-7)12-10-21)20(3)23-15-19(2)16-24-29(23)39-18-34-28(32(41)36(4)5)30(39)37(6)31(24)40/h8-16,18,20H,1,17H2,2-7H3. The number of halogens is 1. The number of ether oxygens (including phenoxy) is 1. The van der Waals surface area contributed by atoms with E-state index in [1.165, 1.54) is 9.47 Å². The molecule has 0 saturated heterocycles. The first-order valence-corrected chi connectivity index (χ1v) is 13.8. The van der Waals surface area contributed by atoms with E-state index in [4.69, 9.17) is 16.3 Å². The van der Waals surface area contributed by atoms with Gasteiger partial charge in [-0.1, -0.05) is 36.4 Å². The van der Waals surface area contributed by atoms with Crippen LogP contribution in [0.3, 0.4) is 0 Å². The van der Waals surface area contributed by atoms with E-state index in [0.717, 1.165) is 28.1 Å². The average Bonchev–Trinajstić information content (AvgIpc) is 3.43. The SMILES string of the molecule is C=Cc1nc(Cl)ccc1N(Cc1ccc(OC)cc1)C(C)c1cc(C)cc2c(=O)n(C)c3c(C(=O)N(C)C)ncn3c12. The van der Waals surface area contributed by atoms with Crippen LogP contribution in [0.5, 0.6) is 5.75 Å². The van der Waals surface area contributed by atoms with Crippen LogP contribution in [0.25, 0.3) is 22.6 Å². The summed E-state index contributed by atoms with van der Waals surface area (Å²) in [7, 11) is 6.64. The van der Waals surface area contributed by atoms with Gasteiger partial charge in [0.25, 0.3) is 11.5 Å². The number of carbonyl (C=O) groups excluding carboxylic acids is 1. The largest absolute Gasteiger partial charge is 0.497 e. The van der Waals surface area contributed by atoms with Gasteiger partial charge in [-0.3, -0.25) is 18.6 Å². The molecule has 3 heterocycles. The summed E-state index contributed by atoms with van der Waals surface area (Å²) in [5.41, 5.74) is 5.50. The number of nitrogens with zero attached hydrogens (tertiary/aromatic N) is 6. The number of hydrogen-bond acceptors (Lipinski definition) is 6. The van der Waals surface area contributed by atoms with Crippen molar-refractivity contribution < 1.29 is 9.53 Å². The Kier molecular flexibility index (Phi) is 7.79. The van der Waals surface area contributed by atoms with Crippen LogP contribution in [0.15, 0.2) is 66.2 Å². The molecule has 0 aliphatic rings. The Hall–Kier alpha value is -4.63. The Balaban J connectivity index is 1.78. The van der Waals surface area contributed by atoms with E-state index in [0.29, 0.717) is 33.9 Å². The second kappa shape index (κ2) is 11.3. The van der Waals surface area contributed by atoms with Crippen LogP contribution in [-0.2, 0) is 13.6 Å². The van der Waals surface area contributed by atoms with Gasteiger partial charge in [0.2, 0.25) is 0 Å². The Labute approximate surface area is 249 Å². The zero-order valence-corrected chi connectivity index (χ0v) is 25.3. The lowest BCUT2D eigenvalue weighted by molar-refractivity contribution is 0.0824. The second-order valence-electron chi connectivity index (χ2n) is 10.5. The highest BCUT2D eigenvalue weighted by molar-refractivity contribution is 6.29. The number of aromatic nitrogens is 4. The third-order valence-electron chi connectivity index (χ3n) is 7.53. The van der Waals surface area contributed by atoms with E-state index >= 15 is 0 Å². The van der Waals surface area contributed by atoms with Gasteiger partial charge in [0.05, 0.1) is 35.4 Å². The molecule has 0 aliphatic heterocycles. The molecule has 0 spiro atoms. The van der Waals surface area contributed by atoms with Crippen LogP contribution in [0.4, 0.5) is 5.69 Å². The van der Waals surface area contributed by atoms with Gasteiger partial charge in [-0.15, -0.1) is 0 Å². The quantitative estimate of drug-likeness (QED) is 0.219. The van der Waals surface area contributed by atoms with E-state index in [2.05, 4.69) is 34.4 Å². The van der Waals surface area contributed by atoms with Crippen LogP contribution in [0.1, 0.15) is 45.8 Å². The maximum absolute atomic E-state index is 13.8. The Bertz CT molecular complexity index is 1890. The molecule has 0 aliphatic carbocycles. The fourth-order valence-corrected chi connectivity index (χ4v) is 5.54. The van der Waals surface area contributed by atoms with Crippen molar-refractivity contribution in [3.05, 3.63) is 105 Å². The zero-order chi connectivity index (χ0) is 30.3. The molecule has 42 heavy (non-hydrogen) atoms. The predicted molar refractivity (Wildman–Crippen MR) is 168 cm³/mol. The van der Waals surface area contributed by atoms with Crippen molar-refractivity contribution in [2.24, 2.45) is 7.05 Å². The van der Waals surface area contributed by atoms with Crippen molar-refractivity contribution in [1.29, 1.82) is 0 Å². The van der Waals surface area contributed by atoms with Gasteiger partial charge in [-0.2, -0.15) is 0 Å². The first-order valence-electron chi connectivity index (χ1n) is 13.5. The molecular formula is C32H33ClN6O3. The molecule has 0 radical (unpaired) electrons. The molecule has 5 aromatic rings.